The smallest absolute Gasteiger partial charge is 0.178 e. The minimum absolute atomic E-state index is 0.522. The topological polar surface area (TPSA) is 21.7 Å². The van der Waals surface area contributed by atoms with Gasteiger partial charge in [0.1, 0.15) is 0 Å². The summed E-state index contributed by atoms with van der Waals surface area (Å²) in [6, 6.07) is 75.4. The highest BCUT2D eigenvalue weighted by molar-refractivity contribution is 5.93. The van der Waals surface area contributed by atoms with E-state index in [0.717, 1.165) is 39.5 Å². The van der Waals surface area contributed by atoms with E-state index in [9.17, 15) is 0 Å². The Balaban J connectivity index is 1.05. The van der Waals surface area contributed by atoms with Crippen LogP contribution in [0.4, 0.5) is 17.1 Å². The summed E-state index contributed by atoms with van der Waals surface area (Å²) >= 11 is 0. The standard InChI is InChI=1S/C53H35NO2/c1-4-15-36(16-5-1)39-19-14-24-42(33-39)54(43-28-27-37-17-10-11-18-38(37)34-43)44-29-31-48-50(35-44)55-49-32-30-47-51(52(49)56-48)45-25-12-13-26-46(45)53(47,40-20-6-2-7-21-40)41-22-8-3-9-23-41/h1-35H. The normalized spacial score (nSPS) is 13.1. The predicted octanol–water partition coefficient (Wildman–Crippen LogP) is 14.2. The number of hydrogen-bond donors (Lipinski definition) is 0. The molecule has 9 aromatic carbocycles. The molecule has 0 radical (unpaired) electrons. The fourth-order valence-electron chi connectivity index (χ4n) is 8.91. The summed E-state index contributed by atoms with van der Waals surface area (Å²) in [6.07, 6.45) is 0. The van der Waals surface area contributed by atoms with E-state index in [1.807, 2.05) is 6.07 Å². The molecular formula is C53H35NO2. The van der Waals surface area contributed by atoms with E-state index in [1.54, 1.807) is 0 Å². The molecule has 1 aliphatic carbocycles. The summed E-state index contributed by atoms with van der Waals surface area (Å²) in [6.45, 7) is 0. The van der Waals surface area contributed by atoms with Gasteiger partial charge in [0, 0.05) is 23.0 Å². The molecule has 3 nitrogen and oxygen atoms in total. The Bertz CT molecular complexity index is 2880. The molecule has 0 bridgehead atoms. The molecule has 3 heteroatoms. The Morgan fingerprint density at radius 3 is 1.75 bits per heavy atom. The van der Waals surface area contributed by atoms with Crippen molar-refractivity contribution < 1.29 is 9.47 Å². The maximum Gasteiger partial charge on any atom is 0.178 e. The van der Waals surface area contributed by atoms with Crippen LogP contribution in [0, 0.1) is 0 Å². The van der Waals surface area contributed by atoms with Crippen LogP contribution in [0.1, 0.15) is 22.3 Å². The van der Waals surface area contributed by atoms with Gasteiger partial charge in [0.05, 0.1) is 11.1 Å². The van der Waals surface area contributed by atoms with Crippen LogP contribution in [0.5, 0.6) is 23.0 Å². The summed E-state index contributed by atoms with van der Waals surface area (Å²) in [4.78, 5) is 2.30. The summed E-state index contributed by atoms with van der Waals surface area (Å²) in [5.41, 5.74) is 11.9. The Morgan fingerprint density at radius 1 is 0.357 bits per heavy atom. The lowest BCUT2D eigenvalue weighted by Gasteiger charge is -2.34. The first-order valence-electron chi connectivity index (χ1n) is 19.1. The number of nitrogens with zero attached hydrogens (tertiary/aromatic N) is 1. The molecule has 0 fully saturated rings. The van der Waals surface area contributed by atoms with E-state index in [1.165, 1.54) is 38.6 Å². The minimum Gasteiger partial charge on any atom is -0.449 e. The van der Waals surface area contributed by atoms with Crippen molar-refractivity contribution in [2.45, 2.75) is 5.41 Å². The SMILES string of the molecule is c1ccc(-c2cccc(N(c3ccc4c(c3)Oc3ccc5c(c3O4)-c3ccccc3C5(c3ccccc3)c3ccccc3)c3ccc4ccccc4c3)c2)cc1. The van der Waals surface area contributed by atoms with Gasteiger partial charge >= 0.3 is 0 Å². The molecule has 1 aliphatic heterocycles. The second-order valence-corrected chi connectivity index (χ2v) is 14.5. The molecule has 0 atom stereocenters. The second kappa shape index (κ2) is 12.9. The first-order chi connectivity index (χ1) is 27.8. The molecule has 11 rings (SSSR count). The Kier molecular flexibility index (Phi) is 7.39. The van der Waals surface area contributed by atoms with E-state index in [-0.39, 0.29) is 0 Å². The molecular weight excluding hydrogens is 683 g/mol. The van der Waals surface area contributed by atoms with Crippen LogP contribution in [-0.2, 0) is 5.41 Å². The third-order valence-corrected chi connectivity index (χ3v) is 11.4. The van der Waals surface area contributed by atoms with Gasteiger partial charge in [0.2, 0.25) is 0 Å². The van der Waals surface area contributed by atoms with Crippen LogP contribution < -0.4 is 14.4 Å². The molecule has 264 valence electrons. The molecule has 0 saturated carbocycles. The van der Waals surface area contributed by atoms with Crippen molar-refractivity contribution in [1.29, 1.82) is 0 Å². The van der Waals surface area contributed by atoms with E-state index in [0.29, 0.717) is 17.2 Å². The number of benzene rings is 9. The van der Waals surface area contributed by atoms with Crippen LogP contribution >= 0.6 is 0 Å². The van der Waals surface area contributed by atoms with Crippen LogP contribution in [0.3, 0.4) is 0 Å². The molecule has 56 heavy (non-hydrogen) atoms. The number of hydrogen-bond acceptors (Lipinski definition) is 3. The number of fused-ring (bicyclic) bond motifs is 7. The highest BCUT2D eigenvalue weighted by Gasteiger charge is 2.48. The zero-order valence-electron chi connectivity index (χ0n) is 30.5. The lowest BCUT2D eigenvalue weighted by molar-refractivity contribution is 0.360. The summed E-state index contributed by atoms with van der Waals surface area (Å²) in [5, 5.41) is 2.38. The Hall–Kier alpha value is -7.36. The van der Waals surface area contributed by atoms with Crippen molar-refractivity contribution in [3.05, 3.63) is 235 Å². The van der Waals surface area contributed by atoms with E-state index in [4.69, 9.17) is 9.47 Å². The molecule has 0 spiro atoms. The number of rotatable bonds is 6. The molecule has 0 amide bonds. The Labute approximate surface area is 326 Å². The minimum atomic E-state index is -0.522. The van der Waals surface area contributed by atoms with Gasteiger partial charge in [-0.05, 0) is 92.2 Å². The summed E-state index contributed by atoms with van der Waals surface area (Å²) < 4.78 is 13.9. The van der Waals surface area contributed by atoms with Crippen molar-refractivity contribution in [1.82, 2.24) is 0 Å². The molecule has 9 aromatic rings. The van der Waals surface area contributed by atoms with Gasteiger partial charge in [-0.15, -0.1) is 0 Å². The van der Waals surface area contributed by atoms with Crippen molar-refractivity contribution in [2.75, 3.05) is 4.90 Å². The van der Waals surface area contributed by atoms with E-state index >= 15 is 0 Å². The third kappa shape index (κ3) is 4.98. The molecule has 2 aliphatic rings. The van der Waals surface area contributed by atoms with Gasteiger partial charge < -0.3 is 14.4 Å². The van der Waals surface area contributed by atoms with Gasteiger partial charge in [-0.3, -0.25) is 0 Å². The van der Waals surface area contributed by atoms with Gasteiger partial charge in [0.15, 0.2) is 23.0 Å². The maximum absolute atomic E-state index is 6.98. The zero-order chi connectivity index (χ0) is 37.1. The van der Waals surface area contributed by atoms with Gasteiger partial charge in [-0.25, -0.2) is 0 Å². The largest absolute Gasteiger partial charge is 0.449 e. The second-order valence-electron chi connectivity index (χ2n) is 14.5. The molecule has 0 saturated heterocycles. The van der Waals surface area contributed by atoms with Gasteiger partial charge in [-0.2, -0.15) is 0 Å². The van der Waals surface area contributed by atoms with Crippen LogP contribution in [-0.4, -0.2) is 0 Å². The highest BCUT2D eigenvalue weighted by atomic mass is 16.6. The zero-order valence-corrected chi connectivity index (χ0v) is 30.5. The fourth-order valence-corrected chi connectivity index (χ4v) is 8.91. The summed E-state index contributed by atoms with van der Waals surface area (Å²) in [5.74, 6) is 2.79. The predicted molar refractivity (Wildman–Crippen MR) is 228 cm³/mol. The first kappa shape index (κ1) is 32.1. The lowest BCUT2D eigenvalue weighted by Crippen LogP contribution is -2.28. The van der Waals surface area contributed by atoms with E-state index in [2.05, 4.69) is 211 Å². The van der Waals surface area contributed by atoms with Gasteiger partial charge in [0.25, 0.3) is 0 Å². The monoisotopic (exact) mass is 717 g/mol. The van der Waals surface area contributed by atoms with Crippen LogP contribution in [0.25, 0.3) is 33.0 Å². The Morgan fingerprint density at radius 2 is 0.964 bits per heavy atom. The average Bonchev–Trinajstić information content (AvgIpc) is 3.58. The molecule has 0 unspecified atom stereocenters. The average molecular weight is 718 g/mol. The molecule has 0 N–H and O–H groups in total. The quantitative estimate of drug-likeness (QED) is 0.171. The number of ether oxygens (including phenoxy) is 2. The van der Waals surface area contributed by atoms with Crippen LogP contribution in [0.2, 0.25) is 0 Å². The van der Waals surface area contributed by atoms with Crippen molar-refractivity contribution in [3.8, 4) is 45.3 Å². The van der Waals surface area contributed by atoms with Crippen molar-refractivity contribution in [3.63, 3.8) is 0 Å². The summed E-state index contributed by atoms with van der Waals surface area (Å²) in [7, 11) is 0. The molecule has 0 aromatic heterocycles. The number of anilines is 3. The lowest BCUT2D eigenvalue weighted by atomic mass is 9.68. The van der Waals surface area contributed by atoms with Crippen molar-refractivity contribution >= 4 is 27.8 Å². The van der Waals surface area contributed by atoms with E-state index < -0.39 is 5.41 Å². The maximum atomic E-state index is 6.98. The van der Waals surface area contributed by atoms with Gasteiger partial charge in [-0.1, -0.05) is 164 Å². The highest BCUT2D eigenvalue weighted by Crippen LogP contribution is 2.62. The van der Waals surface area contributed by atoms with Crippen molar-refractivity contribution in [2.24, 2.45) is 0 Å². The molecule has 1 heterocycles. The fraction of sp³-hybridized carbons (Fsp3) is 0.0189. The van der Waals surface area contributed by atoms with Crippen LogP contribution in [0.15, 0.2) is 212 Å². The first-order valence-corrected chi connectivity index (χ1v) is 19.1. The third-order valence-electron chi connectivity index (χ3n) is 11.4.